The predicted octanol–water partition coefficient (Wildman–Crippen LogP) is 3.26. The zero-order valence-electron chi connectivity index (χ0n) is 10.3. The number of hydrogen-bond acceptors (Lipinski definition) is 2. The van der Waals surface area contributed by atoms with Crippen LogP contribution in [0.25, 0.3) is 0 Å². The molecule has 0 spiro atoms. The zero-order valence-corrected chi connectivity index (χ0v) is 11.0. The minimum absolute atomic E-state index is 0.000355. The fourth-order valence-corrected chi connectivity index (χ4v) is 2.27. The summed E-state index contributed by atoms with van der Waals surface area (Å²) in [6.45, 7) is 0.292. The molecule has 0 heterocycles. The molecule has 4 heteroatoms. The molecule has 0 saturated heterocycles. The van der Waals surface area contributed by atoms with Crippen molar-refractivity contribution < 1.29 is 9.50 Å². The van der Waals surface area contributed by atoms with Gasteiger partial charge in [-0.2, -0.15) is 0 Å². The highest BCUT2D eigenvalue weighted by Gasteiger charge is 2.22. The van der Waals surface area contributed by atoms with Crippen LogP contribution < -0.4 is 5.73 Å². The molecule has 0 saturated carbocycles. The molecule has 0 amide bonds. The van der Waals surface area contributed by atoms with E-state index in [1.165, 1.54) is 18.2 Å². The number of aliphatic hydroxyl groups excluding tert-OH is 1. The fraction of sp³-hybridized carbons (Fsp3) is 0.200. The third kappa shape index (κ3) is 3.13. The number of hydrogen-bond donors (Lipinski definition) is 2. The summed E-state index contributed by atoms with van der Waals surface area (Å²) < 4.78 is 13.1. The van der Waals surface area contributed by atoms with Crippen molar-refractivity contribution in [3.8, 4) is 0 Å². The smallest absolute Gasteiger partial charge is 0.141 e. The van der Waals surface area contributed by atoms with Crippen molar-refractivity contribution in [3.63, 3.8) is 0 Å². The highest BCUT2D eigenvalue weighted by atomic mass is 35.5. The van der Waals surface area contributed by atoms with Crippen LogP contribution in [0.15, 0.2) is 48.5 Å². The second-order valence-electron chi connectivity index (χ2n) is 4.37. The Hall–Kier alpha value is -1.42. The van der Waals surface area contributed by atoms with Gasteiger partial charge in [0.25, 0.3) is 0 Å². The first-order valence-corrected chi connectivity index (χ1v) is 6.39. The van der Waals surface area contributed by atoms with Crippen LogP contribution in [-0.4, -0.2) is 11.7 Å². The van der Waals surface area contributed by atoms with Gasteiger partial charge < -0.3 is 10.8 Å². The molecule has 0 aliphatic rings. The van der Waals surface area contributed by atoms with Crippen LogP contribution in [0.3, 0.4) is 0 Å². The normalized spacial score (nSPS) is 14.1. The van der Waals surface area contributed by atoms with Gasteiger partial charge in [0, 0.05) is 12.5 Å². The lowest BCUT2D eigenvalue weighted by Gasteiger charge is -2.22. The Morgan fingerprint density at radius 3 is 2.37 bits per heavy atom. The molecule has 2 rings (SSSR count). The average molecular weight is 280 g/mol. The first-order chi connectivity index (χ1) is 9.13. The van der Waals surface area contributed by atoms with E-state index < -0.39 is 11.9 Å². The van der Waals surface area contributed by atoms with Gasteiger partial charge in [-0.15, -0.1) is 0 Å². The summed E-state index contributed by atoms with van der Waals surface area (Å²) in [7, 11) is 0. The Kier molecular flexibility index (Phi) is 4.53. The SMILES string of the molecule is NCC(c1ccccc1)C(O)c1ccc(F)c(Cl)c1. The monoisotopic (exact) mass is 279 g/mol. The van der Waals surface area contributed by atoms with E-state index in [-0.39, 0.29) is 10.9 Å². The number of benzene rings is 2. The Balaban J connectivity index is 2.30. The van der Waals surface area contributed by atoms with E-state index in [2.05, 4.69) is 0 Å². The maximum atomic E-state index is 13.1. The van der Waals surface area contributed by atoms with Gasteiger partial charge in [-0.3, -0.25) is 0 Å². The van der Waals surface area contributed by atoms with E-state index in [4.69, 9.17) is 17.3 Å². The summed E-state index contributed by atoms with van der Waals surface area (Å²) in [5.41, 5.74) is 7.25. The largest absolute Gasteiger partial charge is 0.388 e. The van der Waals surface area contributed by atoms with Crippen LogP contribution in [0.2, 0.25) is 5.02 Å². The first-order valence-electron chi connectivity index (χ1n) is 6.01. The Bertz CT molecular complexity index is 547. The molecular formula is C15H15ClFNO. The standard InChI is InChI=1S/C15H15ClFNO/c16-13-8-11(6-7-14(13)17)15(19)12(9-18)10-4-2-1-3-5-10/h1-8,12,15,19H,9,18H2. The number of halogens is 2. The van der Waals surface area contributed by atoms with Crippen molar-refractivity contribution >= 4 is 11.6 Å². The minimum Gasteiger partial charge on any atom is -0.388 e. The summed E-state index contributed by atoms with van der Waals surface area (Å²) in [6.07, 6.45) is -0.814. The lowest BCUT2D eigenvalue weighted by Crippen LogP contribution is -2.20. The van der Waals surface area contributed by atoms with Gasteiger partial charge in [0.1, 0.15) is 5.82 Å². The molecule has 0 aliphatic heterocycles. The summed E-state index contributed by atoms with van der Waals surface area (Å²) in [6, 6.07) is 13.7. The first kappa shape index (κ1) is 14.0. The maximum Gasteiger partial charge on any atom is 0.141 e. The predicted molar refractivity (Wildman–Crippen MR) is 74.6 cm³/mol. The Morgan fingerprint density at radius 2 is 1.79 bits per heavy atom. The Morgan fingerprint density at radius 1 is 1.11 bits per heavy atom. The van der Waals surface area contributed by atoms with Gasteiger partial charge in [0.15, 0.2) is 0 Å². The van der Waals surface area contributed by atoms with Crippen LogP contribution in [0, 0.1) is 5.82 Å². The van der Waals surface area contributed by atoms with Crippen molar-refractivity contribution in [2.24, 2.45) is 5.73 Å². The third-order valence-corrected chi connectivity index (χ3v) is 3.44. The molecule has 0 radical (unpaired) electrons. The molecule has 3 N–H and O–H groups in total. The Labute approximate surface area is 116 Å². The summed E-state index contributed by atoms with van der Waals surface area (Å²) >= 11 is 5.73. The van der Waals surface area contributed by atoms with E-state index in [0.29, 0.717) is 12.1 Å². The third-order valence-electron chi connectivity index (χ3n) is 3.15. The van der Waals surface area contributed by atoms with Crippen LogP contribution >= 0.6 is 11.6 Å². The lowest BCUT2D eigenvalue weighted by molar-refractivity contribution is 0.147. The minimum atomic E-state index is -0.814. The average Bonchev–Trinajstić information content (AvgIpc) is 2.44. The van der Waals surface area contributed by atoms with Gasteiger partial charge in [0.2, 0.25) is 0 Å². The van der Waals surface area contributed by atoms with Crippen LogP contribution in [-0.2, 0) is 0 Å². The number of aliphatic hydroxyl groups is 1. The second-order valence-corrected chi connectivity index (χ2v) is 4.78. The van der Waals surface area contributed by atoms with Crippen molar-refractivity contribution in [2.45, 2.75) is 12.0 Å². The van der Waals surface area contributed by atoms with Gasteiger partial charge in [-0.05, 0) is 23.3 Å². The van der Waals surface area contributed by atoms with Gasteiger partial charge in [0.05, 0.1) is 11.1 Å². The van der Waals surface area contributed by atoms with Crippen molar-refractivity contribution in [1.82, 2.24) is 0 Å². The van der Waals surface area contributed by atoms with Crippen LogP contribution in [0.1, 0.15) is 23.1 Å². The molecular weight excluding hydrogens is 265 g/mol. The zero-order chi connectivity index (χ0) is 13.8. The summed E-state index contributed by atoms with van der Waals surface area (Å²) in [5.74, 6) is -0.746. The van der Waals surface area contributed by atoms with Gasteiger partial charge >= 0.3 is 0 Å². The van der Waals surface area contributed by atoms with Crippen LogP contribution in [0.5, 0.6) is 0 Å². The summed E-state index contributed by atoms with van der Waals surface area (Å²) in [5, 5.41) is 10.4. The van der Waals surface area contributed by atoms with Crippen molar-refractivity contribution in [1.29, 1.82) is 0 Å². The molecule has 0 bridgehead atoms. The lowest BCUT2D eigenvalue weighted by atomic mass is 9.89. The molecule has 19 heavy (non-hydrogen) atoms. The molecule has 100 valence electrons. The molecule has 2 atom stereocenters. The van der Waals surface area contributed by atoms with Crippen molar-refractivity contribution in [2.75, 3.05) is 6.54 Å². The number of rotatable bonds is 4. The van der Waals surface area contributed by atoms with Gasteiger partial charge in [-0.25, -0.2) is 4.39 Å². The quantitative estimate of drug-likeness (QED) is 0.902. The fourth-order valence-electron chi connectivity index (χ4n) is 2.08. The van der Waals surface area contributed by atoms with E-state index in [9.17, 15) is 9.50 Å². The highest BCUT2D eigenvalue weighted by Crippen LogP contribution is 2.31. The molecule has 2 aromatic rings. The molecule has 0 aliphatic carbocycles. The molecule has 2 aromatic carbocycles. The van der Waals surface area contributed by atoms with Crippen molar-refractivity contribution in [3.05, 3.63) is 70.5 Å². The topological polar surface area (TPSA) is 46.2 Å². The molecule has 2 unspecified atom stereocenters. The van der Waals surface area contributed by atoms with E-state index in [0.717, 1.165) is 5.56 Å². The number of nitrogens with two attached hydrogens (primary N) is 1. The molecule has 0 fully saturated rings. The maximum absolute atomic E-state index is 13.1. The molecule has 0 aromatic heterocycles. The van der Waals surface area contributed by atoms with Gasteiger partial charge in [-0.1, -0.05) is 48.0 Å². The van der Waals surface area contributed by atoms with E-state index in [1.54, 1.807) is 0 Å². The van der Waals surface area contributed by atoms with E-state index in [1.807, 2.05) is 30.3 Å². The molecule has 2 nitrogen and oxygen atoms in total. The van der Waals surface area contributed by atoms with E-state index >= 15 is 0 Å². The van der Waals surface area contributed by atoms with Crippen LogP contribution in [0.4, 0.5) is 4.39 Å². The summed E-state index contributed by atoms with van der Waals surface area (Å²) in [4.78, 5) is 0. The second kappa shape index (κ2) is 6.15. The highest BCUT2D eigenvalue weighted by molar-refractivity contribution is 6.30.